The van der Waals surface area contributed by atoms with Crippen molar-refractivity contribution in [3.05, 3.63) is 23.8 Å². The van der Waals surface area contributed by atoms with E-state index in [-0.39, 0.29) is 0 Å². The van der Waals surface area contributed by atoms with Crippen molar-refractivity contribution in [1.29, 1.82) is 0 Å². The van der Waals surface area contributed by atoms with Crippen LogP contribution < -0.4 is 10.5 Å². The number of nitrogens with two attached hydrogens (primary N) is 1. The molecule has 1 rings (SSSR count). The fourth-order valence-corrected chi connectivity index (χ4v) is 1.55. The molecule has 0 fully saturated rings. The van der Waals surface area contributed by atoms with E-state index in [9.17, 15) is 0 Å². The Morgan fingerprint density at radius 3 is 2.83 bits per heavy atom. The van der Waals surface area contributed by atoms with Gasteiger partial charge < -0.3 is 10.5 Å². The van der Waals surface area contributed by atoms with Gasteiger partial charge in [0.05, 0.1) is 7.11 Å². The fourth-order valence-electron chi connectivity index (χ4n) is 0.990. The molecule has 0 spiro atoms. The van der Waals surface area contributed by atoms with Crippen LogP contribution in [0.25, 0.3) is 0 Å². The normalized spacial score (nSPS) is 9.83. The lowest BCUT2D eigenvalue weighted by Gasteiger charge is -2.06. The van der Waals surface area contributed by atoms with Crippen LogP contribution in [0.2, 0.25) is 0 Å². The van der Waals surface area contributed by atoms with E-state index in [1.54, 1.807) is 18.9 Å². The SMILES string of the molecule is COc1ccc(N)c(CSC)c1. The molecule has 0 atom stereocenters. The highest BCUT2D eigenvalue weighted by Gasteiger charge is 1.99. The van der Waals surface area contributed by atoms with Gasteiger partial charge in [-0.25, -0.2) is 0 Å². The fraction of sp³-hybridized carbons (Fsp3) is 0.333. The quantitative estimate of drug-likeness (QED) is 0.729. The van der Waals surface area contributed by atoms with Gasteiger partial charge in [-0.15, -0.1) is 0 Å². The molecule has 0 aliphatic carbocycles. The molecule has 0 bridgehead atoms. The first-order chi connectivity index (χ1) is 5.77. The van der Waals surface area contributed by atoms with E-state index in [2.05, 4.69) is 6.26 Å². The van der Waals surface area contributed by atoms with E-state index in [0.29, 0.717) is 0 Å². The second-order valence-electron chi connectivity index (χ2n) is 2.50. The molecule has 0 radical (unpaired) electrons. The number of anilines is 1. The standard InChI is InChI=1S/C9H13NOS/c1-11-8-3-4-9(10)7(5-8)6-12-2/h3-5H,6,10H2,1-2H3. The molecule has 0 amide bonds. The van der Waals surface area contributed by atoms with Crippen LogP contribution in [0.1, 0.15) is 5.56 Å². The lowest BCUT2D eigenvalue weighted by atomic mass is 10.2. The summed E-state index contributed by atoms with van der Waals surface area (Å²) in [7, 11) is 1.66. The van der Waals surface area contributed by atoms with Crippen molar-refractivity contribution >= 4 is 17.4 Å². The highest BCUT2D eigenvalue weighted by molar-refractivity contribution is 7.97. The summed E-state index contributed by atoms with van der Waals surface area (Å²) in [4.78, 5) is 0. The molecule has 0 unspecified atom stereocenters. The zero-order chi connectivity index (χ0) is 8.97. The predicted octanol–water partition coefficient (Wildman–Crippen LogP) is 2.14. The van der Waals surface area contributed by atoms with Crippen molar-refractivity contribution in [3.8, 4) is 5.75 Å². The molecule has 66 valence electrons. The molecule has 2 nitrogen and oxygen atoms in total. The van der Waals surface area contributed by atoms with Crippen molar-refractivity contribution < 1.29 is 4.74 Å². The van der Waals surface area contributed by atoms with Gasteiger partial charge in [-0.05, 0) is 30.0 Å². The highest BCUT2D eigenvalue weighted by atomic mass is 32.2. The largest absolute Gasteiger partial charge is 0.497 e. The molecule has 0 saturated carbocycles. The summed E-state index contributed by atoms with van der Waals surface area (Å²) in [6, 6.07) is 5.73. The zero-order valence-electron chi connectivity index (χ0n) is 7.33. The van der Waals surface area contributed by atoms with Gasteiger partial charge >= 0.3 is 0 Å². The third-order valence-corrected chi connectivity index (χ3v) is 2.25. The van der Waals surface area contributed by atoms with Gasteiger partial charge in [-0.3, -0.25) is 0 Å². The summed E-state index contributed by atoms with van der Waals surface area (Å²) in [5.41, 5.74) is 7.74. The third kappa shape index (κ3) is 2.08. The van der Waals surface area contributed by atoms with Gasteiger partial charge in [0.1, 0.15) is 5.75 Å². The minimum Gasteiger partial charge on any atom is -0.497 e. The van der Waals surface area contributed by atoms with Crippen LogP contribution in [0.3, 0.4) is 0 Å². The highest BCUT2D eigenvalue weighted by Crippen LogP contribution is 2.22. The van der Waals surface area contributed by atoms with E-state index in [1.165, 1.54) is 0 Å². The molecule has 0 heterocycles. The minimum absolute atomic E-state index is 0.838. The van der Waals surface area contributed by atoms with Crippen molar-refractivity contribution in [2.45, 2.75) is 5.75 Å². The van der Waals surface area contributed by atoms with E-state index < -0.39 is 0 Å². The van der Waals surface area contributed by atoms with Gasteiger partial charge in [0.15, 0.2) is 0 Å². The van der Waals surface area contributed by atoms with Crippen molar-refractivity contribution in [3.63, 3.8) is 0 Å². The Kier molecular flexibility index (Phi) is 3.29. The number of rotatable bonds is 3. The van der Waals surface area contributed by atoms with Crippen LogP contribution in [-0.2, 0) is 5.75 Å². The van der Waals surface area contributed by atoms with Crippen LogP contribution in [0.4, 0.5) is 5.69 Å². The van der Waals surface area contributed by atoms with E-state index in [0.717, 1.165) is 22.8 Å². The average molecular weight is 183 g/mol. The summed E-state index contributed by atoms with van der Waals surface area (Å²) in [5, 5.41) is 0. The number of ether oxygens (including phenoxy) is 1. The Morgan fingerprint density at radius 2 is 2.25 bits per heavy atom. The molecule has 3 heteroatoms. The summed E-state index contributed by atoms with van der Waals surface area (Å²) in [6.45, 7) is 0. The smallest absolute Gasteiger partial charge is 0.119 e. The Balaban J connectivity index is 2.91. The van der Waals surface area contributed by atoms with Gasteiger partial charge in [0.2, 0.25) is 0 Å². The van der Waals surface area contributed by atoms with E-state index in [1.807, 2.05) is 18.2 Å². The first-order valence-electron chi connectivity index (χ1n) is 3.69. The molecule has 0 saturated heterocycles. The molecule has 0 aliphatic rings. The Labute approximate surface area is 77.1 Å². The molecular weight excluding hydrogens is 170 g/mol. The van der Waals surface area contributed by atoms with Gasteiger partial charge in [-0.1, -0.05) is 0 Å². The minimum atomic E-state index is 0.838. The Bertz CT molecular complexity index is 263. The summed E-state index contributed by atoms with van der Waals surface area (Å²) in [6.07, 6.45) is 2.05. The summed E-state index contributed by atoms with van der Waals surface area (Å²) in [5.74, 6) is 1.80. The second kappa shape index (κ2) is 4.26. The van der Waals surface area contributed by atoms with Crippen molar-refractivity contribution in [2.75, 3.05) is 19.1 Å². The maximum absolute atomic E-state index is 5.76. The molecular formula is C9H13NOS. The molecule has 1 aromatic carbocycles. The number of thioether (sulfide) groups is 1. The van der Waals surface area contributed by atoms with Crippen LogP contribution in [0.15, 0.2) is 18.2 Å². The Morgan fingerprint density at radius 1 is 1.50 bits per heavy atom. The lowest BCUT2D eigenvalue weighted by molar-refractivity contribution is 0.414. The third-order valence-electron chi connectivity index (χ3n) is 1.65. The molecule has 12 heavy (non-hydrogen) atoms. The van der Waals surface area contributed by atoms with Crippen LogP contribution in [-0.4, -0.2) is 13.4 Å². The molecule has 1 aromatic rings. The second-order valence-corrected chi connectivity index (χ2v) is 3.36. The number of benzene rings is 1. The predicted molar refractivity (Wildman–Crippen MR) is 54.6 cm³/mol. The van der Waals surface area contributed by atoms with Gasteiger partial charge in [0.25, 0.3) is 0 Å². The number of nitrogen functional groups attached to an aromatic ring is 1. The zero-order valence-corrected chi connectivity index (χ0v) is 8.15. The molecule has 2 N–H and O–H groups in total. The first-order valence-corrected chi connectivity index (χ1v) is 5.08. The number of hydrogen-bond donors (Lipinski definition) is 1. The van der Waals surface area contributed by atoms with Gasteiger partial charge in [0, 0.05) is 11.4 Å². The van der Waals surface area contributed by atoms with Crippen molar-refractivity contribution in [1.82, 2.24) is 0 Å². The van der Waals surface area contributed by atoms with Crippen LogP contribution >= 0.6 is 11.8 Å². The maximum atomic E-state index is 5.76. The van der Waals surface area contributed by atoms with Crippen molar-refractivity contribution in [2.24, 2.45) is 0 Å². The number of methoxy groups -OCH3 is 1. The van der Waals surface area contributed by atoms with Crippen LogP contribution in [0, 0.1) is 0 Å². The topological polar surface area (TPSA) is 35.2 Å². The summed E-state index contributed by atoms with van der Waals surface area (Å²) >= 11 is 1.75. The lowest BCUT2D eigenvalue weighted by Crippen LogP contribution is -1.93. The number of hydrogen-bond acceptors (Lipinski definition) is 3. The maximum Gasteiger partial charge on any atom is 0.119 e. The van der Waals surface area contributed by atoms with E-state index >= 15 is 0 Å². The van der Waals surface area contributed by atoms with Crippen LogP contribution in [0.5, 0.6) is 5.75 Å². The average Bonchev–Trinajstić information content (AvgIpc) is 2.09. The Hall–Kier alpha value is -0.830. The monoisotopic (exact) mass is 183 g/mol. The van der Waals surface area contributed by atoms with E-state index in [4.69, 9.17) is 10.5 Å². The molecule has 0 aliphatic heterocycles. The molecule has 0 aromatic heterocycles. The van der Waals surface area contributed by atoms with Gasteiger partial charge in [-0.2, -0.15) is 11.8 Å². The first kappa shape index (κ1) is 9.26. The summed E-state index contributed by atoms with van der Waals surface area (Å²) < 4.78 is 5.09.